The lowest BCUT2D eigenvalue weighted by Gasteiger charge is -2.39. The molecular formula is C14H23NO2S. The Kier molecular flexibility index (Phi) is 5.15. The van der Waals surface area contributed by atoms with E-state index in [1.54, 1.807) is 6.26 Å². The smallest absolute Gasteiger partial charge is 0.117 e. The molecule has 1 aliphatic heterocycles. The first kappa shape index (κ1) is 14.0. The molecule has 4 heteroatoms. The van der Waals surface area contributed by atoms with Crippen molar-refractivity contribution in [2.24, 2.45) is 5.41 Å². The van der Waals surface area contributed by atoms with E-state index in [-0.39, 0.29) is 0 Å². The van der Waals surface area contributed by atoms with Crippen LogP contribution in [0.25, 0.3) is 0 Å². The lowest BCUT2D eigenvalue weighted by molar-refractivity contribution is 0.00632. The van der Waals surface area contributed by atoms with Crippen LogP contribution in [0.3, 0.4) is 0 Å². The van der Waals surface area contributed by atoms with Gasteiger partial charge in [0.15, 0.2) is 0 Å². The van der Waals surface area contributed by atoms with Gasteiger partial charge in [0, 0.05) is 19.8 Å². The molecule has 1 saturated heterocycles. The van der Waals surface area contributed by atoms with E-state index in [0.717, 1.165) is 57.2 Å². The molecular weight excluding hydrogens is 246 g/mol. The summed E-state index contributed by atoms with van der Waals surface area (Å²) in [6, 6.07) is 3.99. The van der Waals surface area contributed by atoms with Gasteiger partial charge < -0.3 is 9.15 Å². The van der Waals surface area contributed by atoms with Gasteiger partial charge in [0.2, 0.25) is 0 Å². The van der Waals surface area contributed by atoms with Gasteiger partial charge in [0.05, 0.1) is 12.8 Å². The summed E-state index contributed by atoms with van der Waals surface area (Å²) in [4.78, 5) is 2.44. The molecule has 0 N–H and O–H groups in total. The van der Waals surface area contributed by atoms with Crippen LogP contribution in [0.1, 0.15) is 25.5 Å². The van der Waals surface area contributed by atoms with Crippen LogP contribution in [0.15, 0.2) is 22.8 Å². The fraction of sp³-hybridized carbons (Fsp3) is 0.714. The van der Waals surface area contributed by atoms with Gasteiger partial charge in [0.25, 0.3) is 0 Å². The number of ether oxygens (including phenoxy) is 1. The molecule has 0 spiro atoms. The van der Waals surface area contributed by atoms with Gasteiger partial charge in [-0.15, -0.1) is 0 Å². The largest absolute Gasteiger partial charge is 0.468 e. The van der Waals surface area contributed by atoms with E-state index in [4.69, 9.17) is 9.15 Å². The molecule has 0 atom stereocenters. The Hall–Kier alpha value is -0.450. The van der Waals surface area contributed by atoms with Crippen LogP contribution in [-0.2, 0) is 11.3 Å². The van der Waals surface area contributed by atoms with Crippen LogP contribution in [0.5, 0.6) is 0 Å². The molecule has 1 aromatic rings. The van der Waals surface area contributed by atoms with Crippen molar-refractivity contribution in [3.63, 3.8) is 0 Å². The van der Waals surface area contributed by atoms with Crippen LogP contribution in [0.4, 0.5) is 0 Å². The summed E-state index contributed by atoms with van der Waals surface area (Å²) in [5.41, 5.74) is 0.309. The molecule has 0 radical (unpaired) electrons. The van der Waals surface area contributed by atoms with Crippen molar-refractivity contribution < 1.29 is 9.15 Å². The minimum atomic E-state index is 0.309. The number of furan rings is 1. The normalized spacial score (nSPS) is 19.3. The molecule has 0 saturated carbocycles. The fourth-order valence-electron chi connectivity index (χ4n) is 2.55. The summed E-state index contributed by atoms with van der Waals surface area (Å²) in [5.74, 6) is 1.98. The molecule has 18 heavy (non-hydrogen) atoms. The van der Waals surface area contributed by atoms with Crippen LogP contribution < -0.4 is 0 Å². The first-order chi connectivity index (χ1) is 8.78. The standard InChI is InChI=1S/C14H23NO2S/c1-2-15(10-13-4-3-7-17-13)11-14(12-18)5-8-16-9-6-14/h3-4,7,18H,2,5-6,8-12H2,1H3. The highest BCUT2D eigenvalue weighted by Gasteiger charge is 2.33. The fourth-order valence-corrected chi connectivity index (χ4v) is 2.96. The van der Waals surface area contributed by atoms with Crippen molar-refractivity contribution in [1.82, 2.24) is 4.90 Å². The quantitative estimate of drug-likeness (QED) is 0.804. The lowest BCUT2D eigenvalue weighted by atomic mass is 9.81. The minimum Gasteiger partial charge on any atom is -0.468 e. The molecule has 2 heterocycles. The predicted molar refractivity (Wildman–Crippen MR) is 76.0 cm³/mol. The molecule has 0 aliphatic carbocycles. The maximum atomic E-state index is 5.48. The predicted octanol–water partition coefficient (Wildman–Crippen LogP) is 2.83. The zero-order valence-electron chi connectivity index (χ0n) is 11.1. The highest BCUT2D eigenvalue weighted by Crippen LogP contribution is 2.33. The Morgan fingerprint density at radius 3 is 2.72 bits per heavy atom. The molecule has 3 nitrogen and oxygen atoms in total. The van der Waals surface area contributed by atoms with Crippen molar-refractivity contribution in [3.8, 4) is 0 Å². The van der Waals surface area contributed by atoms with Gasteiger partial charge in [-0.3, -0.25) is 4.90 Å². The van der Waals surface area contributed by atoms with E-state index in [2.05, 4.69) is 24.5 Å². The van der Waals surface area contributed by atoms with E-state index in [0.29, 0.717) is 5.41 Å². The number of thiol groups is 1. The van der Waals surface area contributed by atoms with E-state index in [9.17, 15) is 0 Å². The number of hydrogen-bond acceptors (Lipinski definition) is 4. The molecule has 0 bridgehead atoms. The summed E-state index contributed by atoms with van der Waals surface area (Å²) in [6.07, 6.45) is 3.97. The molecule has 2 rings (SSSR count). The third-order valence-corrected chi connectivity index (χ3v) is 4.53. The van der Waals surface area contributed by atoms with E-state index < -0.39 is 0 Å². The summed E-state index contributed by atoms with van der Waals surface area (Å²) in [6.45, 7) is 6.96. The molecule has 0 aromatic carbocycles. The number of hydrogen-bond donors (Lipinski definition) is 1. The van der Waals surface area contributed by atoms with Crippen LogP contribution in [0.2, 0.25) is 0 Å². The average Bonchev–Trinajstić information content (AvgIpc) is 2.92. The van der Waals surface area contributed by atoms with Crippen molar-refractivity contribution in [2.45, 2.75) is 26.3 Å². The zero-order valence-corrected chi connectivity index (χ0v) is 12.0. The molecule has 1 aromatic heterocycles. The minimum absolute atomic E-state index is 0.309. The number of rotatable bonds is 6. The zero-order chi connectivity index (χ0) is 12.8. The Labute approximate surface area is 115 Å². The third-order valence-electron chi connectivity index (χ3n) is 3.85. The van der Waals surface area contributed by atoms with Crippen molar-refractivity contribution in [3.05, 3.63) is 24.2 Å². The van der Waals surface area contributed by atoms with Gasteiger partial charge in [0.1, 0.15) is 5.76 Å². The summed E-state index contributed by atoms with van der Waals surface area (Å²) in [7, 11) is 0. The highest BCUT2D eigenvalue weighted by atomic mass is 32.1. The van der Waals surface area contributed by atoms with Crippen LogP contribution in [0, 0.1) is 5.41 Å². The van der Waals surface area contributed by atoms with E-state index in [1.807, 2.05) is 12.1 Å². The van der Waals surface area contributed by atoms with Crippen molar-refractivity contribution >= 4 is 12.6 Å². The summed E-state index contributed by atoms with van der Waals surface area (Å²) in [5, 5.41) is 0. The second-order valence-electron chi connectivity index (χ2n) is 5.15. The Morgan fingerprint density at radius 2 is 2.17 bits per heavy atom. The summed E-state index contributed by atoms with van der Waals surface area (Å²) >= 11 is 4.57. The Morgan fingerprint density at radius 1 is 1.39 bits per heavy atom. The lowest BCUT2D eigenvalue weighted by Crippen LogP contribution is -2.42. The Balaban J connectivity index is 1.95. The van der Waals surface area contributed by atoms with Gasteiger partial charge in [-0.2, -0.15) is 12.6 Å². The molecule has 1 fully saturated rings. The first-order valence-electron chi connectivity index (χ1n) is 6.71. The number of nitrogens with zero attached hydrogens (tertiary/aromatic N) is 1. The van der Waals surface area contributed by atoms with E-state index in [1.165, 1.54) is 0 Å². The van der Waals surface area contributed by atoms with Crippen LogP contribution in [-0.4, -0.2) is 37.0 Å². The van der Waals surface area contributed by atoms with E-state index >= 15 is 0 Å². The molecule has 0 amide bonds. The second kappa shape index (κ2) is 6.64. The highest BCUT2D eigenvalue weighted by molar-refractivity contribution is 7.80. The van der Waals surface area contributed by atoms with Crippen LogP contribution >= 0.6 is 12.6 Å². The molecule has 102 valence electrons. The molecule has 1 aliphatic rings. The topological polar surface area (TPSA) is 25.6 Å². The summed E-state index contributed by atoms with van der Waals surface area (Å²) < 4.78 is 10.9. The monoisotopic (exact) mass is 269 g/mol. The maximum Gasteiger partial charge on any atom is 0.117 e. The molecule has 0 unspecified atom stereocenters. The third kappa shape index (κ3) is 3.53. The maximum absolute atomic E-state index is 5.48. The Bertz CT molecular complexity index is 334. The van der Waals surface area contributed by atoms with Gasteiger partial charge in [-0.05, 0) is 42.7 Å². The van der Waals surface area contributed by atoms with Gasteiger partial charge in [-0.1, -0.05) is 6.92 Å². The first-order valence-corrected chi connectivity index (χ1v) is 7.34. The average molecular weight is 269 g/mol. The SMILES string of the molecule is CCN(Cc1ccco1)CC1(CS)CCOCC1. The van der Waals surface area contributed by atoms with Crippen molar-refractivity contribution in [1.29, 1.82) is 0 Å². The van der Waals surface area contributed by atoms with Gasteiger partial charge >= 0.3 is 0 Å². The van der Waals surface area contributed by atoms with Crippen molar-refractivity contribution in [2.75, 3.05) is 32.1 Å². The second-order valence-corrected chi connectivity index (χ2v) is 5.47. The van der Waals surface area contributed by atoms with Gasteiger partial charge in [-0.25, -0.2) is 0 Å².